The maximum absolute atomic E-state index is 16.4. The van der Waals surface area contributed by atoms with Crippen LogP contribution in [0.4, 0.5) is 20.4 Å². The molecule has 9 heterocycles. The standard InChI is InChI=1S/C26H27B2F2N9O9P2/c27-49(40)44-8-14-20(18(30)26(46-14)39-24-16-12(36-39)2-1-4-31-21(16)32-9-35-24)48-50(28,41)43-7-13-19(47-49)17(29)25(45-13)38-6-11-3-5-42-37-22-15(11)23(38)34-10-33-22/h6,9-10,13-14,17-20,25-26H,1-5,7-8H2,(H,31,32,35)(H,33,34,37)/t13-,14-,17+,18?,19?,20+,25-,26-,49?,50?/m1/s1. The number of hydrogen-bond donors (Lipinski definition) is 2. The van der Waals surface area contributed by atoms with E-state index in [1.54, 1.807) is 6.20 Å². The second-order valence-electron chi connectivity index (χ2n) is 12.4. The summed E-state index contributed by atoms with van der Waals surface area (Å²) in [5.74, 6) is 0.924. The van der Waals surface area contributed by atoms with Crippen molar-refractivity contribution in [1.29, 1.82) is 0 Å². The molecule has 0 spiro atoms. The van der Waals surface area contributed by atoms with E-state index in [1.807, 2.05) is 0 Å². The lowest BCUT2D eigenvalue weighted by molar-refractivity contribution is -0.0568. The summed E-state index contributed by atoms with van der Waals surface area (Å²) in [6, 6.07) is 0. The highest BCUT2D eigenvalue weighted by Gasteiger charge is 2.54. The summed E-state index contributed by atoms with van der Waals surface area (Å²) in [5.41, 5.74) is 4.73. The number of alkyl halides is 2. The summed E-state index contributed by atoms with van der Waals surface area (Å²) >= 11 is 0. The molecule has 0 aliphatic carbocycles. The Labute approximate surface area is 284 Å². The molecule has 4 unspecified atom stereocenters. The molecule has 9 rings (SSSR count). The Morgan fingerprint density at radius 2 is 1.50 bits per heavy atom. The van der Waals surface area contributed by atoms with Crippen LogP contribution in [0.15, 0.2) is 18.9 Å². The first-order valence-corrected chi connectivity index (χ1v) is 19.0. The van der Waals surface area contributed by atoms with Gasteiger partial charge in [-0.25, -0.2) is 38.9 Å². The minimum atomic E-state index is -4.60. The number of nitrogens with one attached hydrogen (secondary N) is 2. The number of rotatable bonds is 2. The SMILES string of the molecule is [B]P1(=O)OC[C@H]2O[C@@H](n3nc4c5c(ncnc53)NCCC4)C(F)[C@H]2OP([B])(=O)OC[C@H]2O[C@@H](n3cc4c5c(ncnc53)NOCC4)[C@@H](F)C2O1. The number of anilines is 2. The summed E-state index contributed by atoms with van der Waals surface area (Å²) in [7, 11) is 2.72. The van der Waals surface area contributed by atoms with Crippen molar-refractivity contribution >= 4 is 63.8 Å². The summed E-state index contributed by atoms with van der Waals surface area (Å²) in [6.07, 6.45) is -7.10. The van der Waals surface area contributed by atoms with Gasteiger partial charge in [0, 0.05) is 19.2 Å². The van der Waals surface area contributed by atoms with Crippen molar-refractivity contribution in [2.24, 2.45) is 0 Å². The van der Waals surface area contributed by atoms with Gasteiger partial charge in [0.05, 0.1) is 36.3 Å². The molecule has 3 saturated heterocycles. The van der Waals surface area contributed by atoms with Crippen molar-refractivity contribution in [3.05, 3.63) is 30.1 Å². The number of aromatic nitrogens is 7. The lowest BCUT2D eigenvalue weighted by Gasteiger charge is -2.29. The van der Waals surface area contributed by atoms with Crippen LogP contribution in [0.3, 0.4) is 0 Å². The van der Waals surface area contributed by atoms with Crippen LogP contribution < -0.4 is 10.8 Å². The highest BCUT2D eigenvalue weighted by atomic mass is 31.2. The van der Waals surface area contributed by atoms with E-state index in [9.17, 15) is 9.13 Å². The first-order valence-electron chi connectivity index (χ1n) is 15.8. The van der Waals surface area contributed by atoms with E-state index in [0.717, 1.165) is 12.0 Å². The summed E-state index contributed by atoms with van der Waals surface area (Å²) in [4.78, 5) is 22.4. The van der Waals surface area contributed by atoms with Crippen molar-refractivity contribution < 1.29 is 50.3 Å². The molecule has 3 fully saturated rings. The van der Waals surface area contributed by atoms with Crippen molar-refractivity contribution in [2.75, 3.05) is 37.2 Å². The normalized spacial score (nSPS) is 37.5. The Hall–Kier alpha value is -3.06. The van der Waals surface area contributed by atoms with Crippen LogP contribution in [0.1, 0.15) is 30.1 Å². The molecule has 4 radical (unpaired) electrons. The predicted octanol–water partition coefficient (Wildman–Crippen LogP) is 2.37. The number of fused-ring (bicyclic) bond motifs is 2. The molecule has 4 aromatic heterocycles. The molecule has 5 aliphatic rings. The van der Waals surface area contributed by atoms with Crippen LogP contribution in [0.5, 0.6) is 0 Å². The van der Waals surface area contributed by atoms with E-state index >= 15 is 8.78 Å². The molecule has 260 valence electrons. The fourth-order valence-corrected chi connectivity index (χ4v) is 8.99. The average molecular weight is 731 g/mol. The first kappa shape index (κ1) is 32.8. The molecule has 0 aromatic carbocycles. The van der Waals surface area contributed by atoms with Gasteiger partial charge in [-0.15, -0.1) is 0 Å². The van der Waals surface area contributed by atoms with E-state index in [0.29, 0.717) is 59.7 Å². The molecule has 0 saturated carbocycles. The van der Waals surface area contributed by atoms with Gasteiger partial charge in [-0.05, 0) is 18.4 Å². The van der Waals surface area contributed by atoms with E-state index in [4.69, 9.17) is 47.5 Å². The Kier molecular flexibility index (Phi) is 8.06. The first-order chi connectivity index (χ1) is 24.1. The lowest BCUT2D eigenvalue weighted by Crippen LogP contribution is -2.37. The van der Waals surface area contributed by atoms with Gasteiger partial charge >= 0.3 is 0 Å². The summed E-state index contributed by atoms with van der Waals surface area (Å²) in [6.45, 7) is -0.404. The second kappa shape index (κ2) is 12.3. The van der Waals surface area contributed by atoms with Crippen LogP contribution in [-0.4, -0.2) is 113 Å². The van der Waals surface area contributed by atoms with Crippen LogP contribution >= 0.6 is 14.9 Å². The Morgan fingerprint density at radius 3 is 2.24 bits per heavy atom. The quantitative estimate of drug-likeness (QED) is 0.225. The molecule has 0 amide bonds. The largest absolute Gasteiger partial charge is 0.369 e. The molecule has 50 heavy (non-hydrogen) atoms. The zero-order valence-corrected chi connectivity index (χ0v) is 27.7. The number of ether oxygens (including phenoxy) is 2. The van der Waals surface area contributed by atoms with Gasteiger partial charge in [0.25, 0.3) is 14.9 Å². The molecule has 2 N–H and O–H groups in total. The molecule has 10 atom stereocenters. The fourth-order valence-electron chi connectivity index (χ4n) is 6.98. The smallest absolute Gasteiger partial charge is 0.264 e. The Balaban J connectivity index is 1.00. The number of nitrogens with zero attached hydrogens (tertiary/aromatic N) is 7. The van der Waals surface area contributed by atoms with Crippen LogP contribution in [0.2, 0.25) is 0 Å². The number of hydrogen-bond acceptors (Lipinski definition) is 16. The van der Waals surface area contributed by atoms with Crippen LogP contribution in [0.25, 0.3) is 22.1 Å². The fraction of sp³-hybridized carbons (Fsp3) is 0.577. The summed E-state index contributed by atoms with van der Waals surface area (Å²) in [5, 5.41) is 8.97. The van der Waals surface area contributed by atoms with Gasteiger partial charge in [-0.3, -0.25) is 14.0 Å². The zero-order chi connectivity index (χ0) is 34.4. The van der Waals surface area contributed by atoms with Crippen molar-refractivity contribution in [3.8, 4) is 0 Å². The maximum atomic E-state index is 16.4. The van der Waals surface area contributed by atoms with Crippen molar-refractivity contribution in [2.45, 2.75) is 68.5 Å². The van der Waals surface area contributed by atoms with E-state index in [1.165, 1.54) is 21.9 Å². The van der Waals surface area contributed by atoms with E-state index in [-0.39, 0.29) is 5.65 Å². The zero-order valence-electron chi connectivity index (χ0n) is 25.9. The van der Waals surface area contributed by atoms with E-state index < -0.39 is 77.4 Å². The van der Waals surface area contributed by atoms with Crippen LogP contribution in [-0.2, 0) is 54.4 Å². The predicted molar refractivity (Wildman–Crippen MR) is 169 cm³/mol. The van der Waals surface area contributed by atoms with Crippen molar-refractivity contribution in [3.63, 3.8) is 0 Å². The Bertz CT molecular complexity index is 1940. The van der Waals surface area contributed by atoms with Gasteiger partial charge in [-0.2, -0.15) is 5.10 Å². The molecule has 0 bridgehead atoms. The van der Waals surface area contributed by atoms with Gasteiger partial charge in [0.1, 0.15) is 48.5 Å². The molecule has 24 heteroatoms. The monoisotopic (exact) mass is 731 g/mol. The number of halogens is 2. The van der Waals surface area contributed by atoms with Crippen molar-refractivity contribution in [1.82, 2.24) is 34.3 Å². The summed E-state index contributed by atoms with van der Waals surface area (Å²) < 4.78 is 96.3. The average Bonchev–Trinajstić information content (AvgIpc) is 3.71. The number of aryl methyl sites for hydroxylation is 1. The molecular formula is C26H27B2F2N9O9P2. The maximum Gasteiger partial charge on any atom is 0.264 e. The third kappa shape index (κ3) is 5.56. The lowest BCUT2D eigenvalue weighted by atomic mass is 10.1. The minimum absolute atomic E-state index is 0.283. The Morgan fingerprint density at radius 1 is 0.840 bits per heavy atom. The molecule has 5 aliphatic heterocycles. The van der Waals surface area contributed by atoms with Gasteiger partial charge in [0.2, 0.25) is 15.1 Å². The molecular weight excluding hydrogens is 704 g/mol. The minimum Gasteiger partial charge on any atom is -0.369 e. The topological polar surface area (TPSA) is 197 Å². The molecule has 4 aromatic rings. The third-order valence-electron chi connectivity index (χ3n) is 9.20. The highest BCUT2D eigenvalue weighted by molar-refractivity contribution is 7.79. The molecule has 18 nitrogen and oxygen atoms in total. The van der Waals surface area contributed by atoms with Crippen LogP contribution in [0, 0.1) is 0 Å². The highest BCUT2D eigenvalue weighted by Crippen LogP contribution is 2.54. The third-order valence-corrected chi connectivity index (χ3v) is 11.3. The van der Waals surface area contributed by atoms with Gasteiger partial charge < -0.3 is 37.5 Å². The second-order valence-corrected chi connectivity index (χ2v) is 15.5. The van der Waals surface area contributed by atoms with E-state index in [2.05, 4.69) is 35.8 Å². The van der Waals surface area contributed by atoms with Gasteiger partial charge in [0.15, 0.2) is 36.3 Å². The van der Waals surface area contributed by atoms with Gasteiger partial charge in [-0.1, -0.05) is 0 Å².